The van der Waals surface area contributed by atoms with Crippen molar-refractivity contribution in [2.45, 2.75) is 0 Å². The van der Waals surface area contributed by atoms with Gasteiger partial charge >= 0.3 is 0 Å². The first kappa shape index (κ1) is 18.9. The third-order valence-electron chi connectivity index (χ3n) is 4.14. The Morgan fingerprint density at radius 1 is 1.12 bits per heavy atom. The molecule has 0 spiro atoms. The third kappa shape index (κ3) is 5.31. The smallest absolute Gasteiger partial charge is 0.251 e. The van der Waals surface area contributed by atoms with E-state index in [-0.39, 0.29) is 25.0 Å². The van der Waals surface area contributed by atoms with E-state index in [0.29, 0.717) is 43.4 Å². The van der Waals surface area contributed by atoms with E-state index >= 15 is 0 Å². The molecule has 0 unspecified atom stereocenters. The van der Waals surface area contributed by atoms with Crippen LogP contribution >= 0.6 is 0 Å². The lowest BCUT2D eigenvalue weighted by molar-refractivity contribution is 0.0390. The van der Waals surface area contributed by atoms with Crippen LogP contribution in [0, 0.1) is 0 Å². The summed E-state index contributed by atoms with van der Waals surface area (Å²) >= 11 is 0. The zero-order valence-electron chi connectivity index (χ0n) is 14.4. The standard InChI is InChI=1S/C16H23N3O6S/c20-16(13-1-2-14-15(11-13)25-12-24-14)17-4-10-26(21,22)18-3-5-19-6-8-23-9-7-19/h1-2,11,18H,3-10,12H2,(H,17,20). The van der Waals surface area contributed by atoms with E-state index in [2.05, 4.69) is 14.9 Å². The second-order valence-corrected chi connectivity index (χ2v) is 7.92. The highest BCUT2D eigenvalue weighted by Gasteiger charge is 2.17. The Labute approximate surface area is 152 Å². The van der Waals surface area contributed by atoms with Crippen LogP contribution in [0.2, 0.25) is 0 Å². The van der Waals surface area contributed by atoms with Crippen molar-refractivity contribution in [3.05, 3.63) is 23.8 Å². The highest BCUT2D eigenvalue weighted by atomic mass is 32.2. The summed E-state index contributed by atoms with van der Waals surface area (Å²) < 4.78 is 42.2. The van der Waals surface area contributed by atoms with Gasteiger partial charge in [0.1, 0.15) is 0 Å². The number of nitrogens with zero attached hydrogens (tertiary/aromatic N) is 1. The van der Waals surface area contributed by atoms with Crippen molar-refractivity contribution in [1.82, 2.24) is 14.9 Å². The Morgan fingerprint density at radius 2 is 1.88 bits per heavy atom. The Morgan fingerprint density at radius 3 is 2.69 bits per heavy atom. The first-order valence-corrected chi connectivity index (χ1v) is 10.1. The van der Waals surface area contributed by atoms with Gasteiger partial charge in [0, 0.05) is 38.3 Å². The quantitative estimate of drug-likeness (QED) is 0.615. The zero-order valence-corrected chi connectivity index (χ0v) is 15.2. The minimum atomic E-state index is -3.44. The topological polar surface area (TPSA) is 106 Å². The number of hydrogen-bond acceptors (Lipinski definition) is 7. The van der Waals surface area contributed by atoms with E-state index in [4.69, 9.17) is 14.2 Å². The van der Waals surface area contributed by atoms with Gasteiger partial charge in [-0.15, -0.1) is 0 Å². The molecule has 0 aromatic heterocycles. The van der Waals surface area contributed by atoms with Crippen molar-refractivity contribution in [2.75, 3.05) is 58.5 Å². The summed E-state index contributed by atoms with van der Waals surface area (Å²) in [5.74, 6) is 0.572. The van der Waals surface area contributed by atoms with Gasteiger partial charge in [0.25, 0.3) is 5.91 Å². The summed E-state index contributed by atoms with van der Waals surface area (Å²) in [5.41, 5.74) is 0.395. The third-order valence-corrected chi connectivity index (χ3v) is 5.53. The number of benzene rings is 1. The first-order valence-electron chi connectivity index (χ1n) is 8.49. The average Bonchev–Trinajstić information content (AvgIpc) is 3.10. The molecule has 1 amide bonds. The van der Waals surface area contributed by atoms with E-state index in [1.807, 2.05) is 0 Å². The fourth-order valence-corrected chi connectivity index (χ4v) is 3.61. The highest BCUT2D eigenvalue weighted by Crippen LogP contribution is 2.32. The summed E-state index contributed by atoms with van der Waals surface area (Å²) in [6, 6.07) is 4.84. The van der Waals surface area contributed by atoms with Crippen molar-refractivity contribution < 1.29 is 27.4 Å². The number of carbonyl (C=O) groups excluding carboxylic acids is 1. The van der Waals surface area contributed by atoms with Crippen LogP contribution in [-0.2, 0) is 14.8 Å². The molecule has 2 heterocycles. The lowest BCUT2D eigenvalue weighted by Gasteiger charge is -2.26. The maximum atomic E-state index is 12.1. The molecule has 2 aliphatic rings. The van der Waals surface area contributed by atoms with Crippen molar-refractivity contribution in [1.29, 1.82) is 0 Å². The molecule has 1 aromatic carbocycles. The van der Waals surface area contributed by atoms with Gasteiger partial charge in [0.2, 0.25) is 16.8 Å². The van der Waals surface area contributed by atoms with Gasteiger partial charge in [-0.05, 0) is 18.2 Å². The second-order valence-electron chi connectivity index (χ2n) is 5.99. The molecule has 1 aromatic rings. The van der Waals surface area contributed by atoms with Crippen molar-refractivity contribution in [2.24, 2.45) is 0 Å². The van der Waals surface area contributed by atoms with E-state index in [1.54, 1.807) is 18.2 Å². The number of hydrogen-bond donors (Lipinski definition) is 2. The van der Waals surface area contributed by atoms with Crippen LogP contribution < -0.4 is 19.5 Å². The molecule has 0 atom stereocenters. The average molecular weight is 385 g/mol. The van der Waals surface area contributed by atoms with Crippen LogP contribution in [0.5, 0.6) is 11.5 Å². The molecule has 3 rings (SSSR count). The fraction of sp³-hybridized carbons (Fsp3) is 0.562. The Hall–Kier alpha value is -1.88. The number of morpholine rings is 1. The van der Waals surface area contributed by atoms with Gasteiger partial charge < -0.3 is 19.5 Å². The van der Waals surface area contributed by atoms with E-state index in [0.717, 1.165) is 13.1 Å². The van der Waals surface area contributed by atoms with Crippen molar-refractivity contribution >= 4 is 15.9 Å². The minimum absolute atomic E-state index is 0.0279. The number of carbonyl (C=O) groups is 1. The van der Waals surface area contributed by atoms with Gasteiger partial charge in [0.15, 0.2) is 11.5 Å². The Balaban J connectivity index is 1.38. The molecule has 0 saturated carbocycles. The van der Waals surface area contributed by atoms with Crippen LogP contribution in [-0.4, -0.2) is 77.7 Å². The fourth-order valence-electron chi connectivity index (χ4n) is 2.69. The number of rotatable bonds is 8. The van der Waals surface area contributed by atoms with Crippen molar-refractivity contribution in [3.63, 3.8) is 0 Å². The van der Waals surface area contributed by atoms with Gasteiger partial charge in [0.05, 0.1) is 19.0 Å². The largest absolute Gasteiger partial charge is 0.454 e. The van der Waals surface area contributed by atoms with Crippen LogP contribution in [0.4, 0.5) is 0 Å². The number of ether oxygens (including phenoxy) is 3. The molecule has 1 saturated heterocycles. The molecule has 1 fully saturated rings. The predicted octanol–water partition coefficient (Wildman–Crippen LogP) is -0.603. The molecule has 0 aliphatic carbocycles. The SMILES string of the molecule is O=C(NCCS(=O)(=O)NCCN1CCOCC1)c1ccc2c(c1)OCO2. The van der Waals surface area contributed by atoms with Crippen LogP contribution in [0.25, 0.3) is 0 Å². The molecular formula is C16H23N3O6S. The molecular weight excluding hydrogens is 362 g/mol. The minimum Gasteiger partial charge on any atom is -0.454 e. The van der Waals surface area contributed by atoms with Crippen LogP contribution in [0.15, 0.2) is 18.2 Å². The molecule has 0 bridgehead atoms. The van der Waals surface area contributed by atoms with E-state index in [1.165, 1.54) is 0 Å². The van der Waals surface area contributed by atoms with E-state index in [9.17, 15) is 13.2 Å². The van der Waals surface area contributed by atoms with Gasteiger partial charge in [-0.25, -0.2) is 13.1 Å². The zero-order chi connectivity index (χ0) is 18.4. The van der Waals surface area contributed by atoms with Crippen molar-refractivity contribution in [3.8, 4) is 11.5 Å². The summed E-state index contributed by atoms with van der Waals surface area (Å²) in [6.45, 7) is 4.14. The molecule has 144 valence electrons. The van der Waals surface area contributed by atoms with Gasteiger partial charge in [-0.1, -0.05) is 0 Å². The monoisotopic (exact) mass is 385 g/mol. The molecule has 2 aliphatic heterocycles. The Kier molecular flexibility index (Phi) is 6.30. The van der Waals surface area contributed by atoms with Gasteiger partial charge in [-0.3, -0.25) is 9.69 Å². The van der Waals surface area contributed by atoms with Gasteiger partial charge in [-0.2, -0.15) is 0 Å². The van der Waals surface area contributed by atoms with Crippen LogP contribution in [0.3, 0.4) is 0 Å². The predicted molar refractivity (Wildman–Crippen MR) is 93.9 cm³/mol. The summed E-state index contributed by atoms with van der Waals surface area (Å²) in [5, 5.41) is 2.60. The highest BCUT2D eigenvalue weighted by molar-refractivity contribution is 7.89. The number of sulfonamides is 1. The normalized spacial score (nSPS) is 17.2. The van der Waals surface area contributed by atoms with E-state index < -0.39 is 10.0 Å². The first-order chi connectivity index (χ1) is 12.5. The Bertz CT molecular complexity index is 734. The maximum absolute atomic E-state index is 12.1. The maximum Gasteiger partial charge on any atom is 0.251 e. The van der Waals surface area contributed by atoms with Crippen LogP contribution in [0.1, 0.15) is 10.4 Å². The molecule has 26 heavy (non-hydrogen) atoms. The molecule has 2 N–H and O–H groups in total. The molecule has 9 nitrogen and oxygen atoms in total. The number of fused-ring (bicyclic) bond motifs is 1. The number of nitrogens with one attached hydrogen (secondary N) is 2. The lowest BCUT2D eigenvalue weighted by Crippen LogP contribution is -2.42. The summed E-state index contributed by atoms with van der Waals surface area (Å²) in [7, 11) is -3.44. The molecule has 0 radical (unpaired) electrons. The molecule has 10 heteroatoms. The second kappa shape index (κ2) is 8.67. The summed E-state index contributed by atoms with van der Waals surface area (Å²) in [6.07, 6.45) is 0. The number of amides is 1. The lowest BCUT2D eigenvalue weighted by atomic mass is 10.2. The summed E-state index contributed by atoms with van der Waals surface area (Å²) in [4.78, 5) is 14.3.